The molecule has 1 amide bonds. The smallest absolute Gasteiger partial charge is 0.411 e. The fourth-order valence-electron chi connectivity index (χ4n) is 3.14. The number of amides is 1. The van der Waals surface area contributed by atoms with Crippen LogP contribution in [0.3, 0.4) is 0 Å². The van der Waals surface area contributed by atoms with Crippen LogP contribution in [0, 0.1) is 0 Å². The Kier molecular flexibility index (Phi) is 7.09. The monoisotopic (exact) mass is 453 g/mol. The number of thiocarbonyl (C=S) groups is 1. The third-order valence-corrected chi connectivity index (χ3v) is 4.83. The van der Waals surface area contributed by atoms with Crippen molar-refractivity contribution in [2.24, 2.45) is 0 Å². The minimum atomic E-state index is -0.670. The minimum Gasteiger partial charge on any atom is -0.444 e. The highest BCUT2D eigenvalue weighted by atomic mass is 32.1. The van der Waals surface area contributed by atoms with Crippen LogP contribution in [0.1, 0.15) is 26.3 Å². The van der Waals surface area contributed by atoms with E-state index in [1.165, 1.54) is 4.90 Å². The summed E-state index contributed by atoms with van der Waals surface area (Å²) in [6.07, 6.45) is 1.06. The second-order valence-electron chi connectivity index (χ2n) is 8.38. The average Bonchev–Trinajstić information content (AvgIpc) is 2.71. The van der Waals surface area contributed by atoms with E-state index < -0.39 is 11.7 Å². The van der Waals surface area contributed by atoms with E-state index >= 15 is 0 Å². The number of ketones is 1. The van der Waals surface area contributed by atoms with Gasteiger partial charge in [-0.05, 0) is 50.6 Å². The summed E-state index contributed by atoms with van der Waals surface area (Å²) in [7, 11) is 0. The van der Waals surface area contributed by atoms with Crippen molar-refractivity contribution in [1.82, 2.24) is 15.2 Å². The SMILES string of the molecule is CC(C)(C)OC(=O)N1CC(=O)C(C(=S)Nc2ccccc2)=C(NCc2ccnc(N)c2)C1. The van der Waals surface area contributed by atoms with E-state index in [-0.39, 0.29) is 18.9 Å². The molecule has 9 heteroatoms. The van der Waals surface area contributed by atoms with Gasteiger partial charge in [0.1, 0.15) is 16.4 Å². The zero-order chi connectivity index (χ0) is 23.3. The number of rotatable bonds is 5. The first-order chi connectivity index (χ1) is 15.1. The fourth-order valence-corrected chi connectivity index (χ4v) is 3.49. The van der Waals surface area contributed by atoms with E-state index in [4.69, 9.17) is 22.7 Å². The minimum absolute atomic E-state index is 0.117. The zero-order valence-electron chi connectivity index (χ0n) is 18.3. The lowest BCUT2D eigenvalue weighted by Gasteiger charge is -2.32. The number of nitrogens with zero attached hydrogens (tertiary/aromatic N) is 2. The third-order valence-electron chi connectivity index (χ3n) is 4.53. The van der Waals surface area contributed by atoms with Crippen molar-refractivity contribution in [3.63, 3.8) is 0 Å². The summed E-state index contributed by atoms with van der Waals surface area (Å²) >= 11 is 5.56. The normalized spacial score (nSPS) is 14.2. The molecule has 0 saturated heterocycles. The van der Waals surface area contributed by atoms with E-state index in [9.17, 15) is 9.59 Å². The number of nitrogen functional groups attached to an aromatic ring is 1. The molecule has 8 nitrogen and oxygen atoms in total. The van der Waals surface area contributed by atoms with Gasteiger partial charge < -0.3 is 21.1 Å². The molecule has 0 fully saturated rings. The number of ether oxygens (including phenoxy) is 1. The Balaban J connectivity index is 1.87. The maximum absolute atomic E-state index is 13.1. The van der Waals surface area contributed by atoms with Gasteiger partial charge >= 0.3 is 6.09 Å². The number of nitrogens with one attached hydrogen (secondary N) is 2. The second-order valence-corrected chi connectivity index (χ2v) is 8.78. The third kappa shape index (κ3) is 6.27. The molecule has 1 aromatic heterocycles. The molecule has 32 heavy (non-hydrogen) atoms. The molecule has 2 aromatic rings. The summed E-state index contributed by atoms with van der Waals surface area (Å²) in [6.45, 7) is 5.77. The van der Waals surface area contributed by atoms with Crippen LogP contribution in [0.4, 0.5) is 16.3 Å². The van der Waals surface area contributed by atoms with E-state index in [0.29, 0.717) is 28.6 Å². The van der Waals surface area contributed by atoms with Crippen molar-refractivity contribution in [1.29, 1.82) is 0 Å². The first kappa shape index (κ1) is 23.2. The van der Waals surface area contributed by atoms with Gasteiger partial charge in [0, 0.05) is 24.1 Å². The molecular formula is C23H27N5O3S. The van der Waals surface area contributed by atoms with Gasteiger partial charge in [0.2, 0.25) is 0 Å². The van der Waals surface area contributed by atoms with Crippen LogP contribution in [0.2, 0.25) is 0 Å². The van der Waals surface area contributed by atoms with Crippen molar-refractivity contribution < 1.29 is 14.3 Å². The molecule has 168 valence electrons. The van der Waals surface area contributed by atoms with Crippen molar-refractivity contribution in [3.8, 4) is 0 Å². The van der Waals surface area contributed by atoms with Gasteiger partial charge in [-0.2, -0.15) is 0 Å². The number of hydrogen-bond acceptors (Lipinski definition) is 7. The number of nitrogens with two attached hydrogens (primary N) is 1. The lowest BCUT2D eigenvalue weighted by atomic mass is 10.0. The van der Waals surface area contributed by atoms with Gasteiger partial charge in [-0.25, -0.2) is 9.78 Å². The molecule has 0 spiro atoms. The number of anilines is 2. The highest BCUT2D eigenvalue weighted by molar-refractivity contribution is 7.81. The van der Waals surface area contributed by atoms with Crippen LogP contribution < -0.4 is 16.4 Å². The van der Waals surface area contributed by atoms with E-state index in [1.54, 1.807) is 33.0 Å². The van der Waals surface area contributed by atoms with Gasteiger partial charge in [0.15, 0.2) is 5.78 Å². The van der Waals surface area contributed by atoms with Crippen LogP contribution in [-0.2, 0) is 16.1 Å². The predicted octanol–water partition coefficient (Wildman–Crippen LogP) is 3.27. The molecule has 2 heterocycles. The Bertz CT molecular complexity index is 1050. The molecule has 0 unspecified atom stereocenters. The summed E-state index contributed by atoms with van der Waals surface area (Å²) in [5, 5.41) is 6.37. The molecule has 1 aromatic carbocycles. The van der Waals surface area contributed by atoms with Crippen molar-refractivity contribution in [3.05, 3.63) is 65.5 Å². The van der Waals surface area contributed by atoms with E-state index in [2.05, 4.69) is 15.6 Å². The van der Waals surface area contributed by atoms with Gasteiger partial charge in [-0.1, -0.05) is 30.4 Å². The van der Waals surface area contributed by atoms with Crippen molar-refractivity contribution >= 4 is 40.6 Å². The number of hydrogen-bond donors (Lipinski definition) is 3. The van der Waals surface area contributed by atoms with Crippen molar-refractivity contribution in [2.45, 2.75) is 32.9 Å². The highest BCUT2D eigenvalue weighted by Crippen LogP contribution is 2.20. The van der Waals surface area contributed by atoms with Crippen LogP contribution in [0.15, 0.2) is 59.9 Å². The molecule has 0 aliphatic carbocycles. The summed E-state index contributed by atoms with van der Waals surface area (Å²) < 4.78 is 5.45. The standard InChI is InChI=1S/C23H27N5O3S/c1-23(2,3)31-22(30)28-13-17(26-12-15-9-10-25-19(24)11-15)20(18(29)14-28)21(32)27-16-7-5-4-6-8-16/h4-11,26H,12-14H2,1-3H3,(H2,24,25)(H,27,32). The van der Waals surface area contributed by atoms with Gasteiger partial charge in [-0.15, -0.1) is 0 Å². The zero-order valence-corrected chi connectivity index (χ0v) is 19.2. The second kappa shape index (κ2) is 9.78. The first-order valence-electron chi connectivity index (χ1n) is 10.2. The Hall–Kier alpha value is -3.46. The number of benzene rings is 1. The number of pyridine rings is 1. The Morgan fingerprint density at radius 1 is 1.22 bits per heavy atom. The Labute approximate surface area is 192 Å². The van der Waals surface area contributed by atoms with E-state index in [0.717, 1.165) is 11.3 Å². The number of Topliss-reactive ketones (excluding diaryl/α,β-unsaturated/α-hetero) is 1. The van der Waals surface area contributed by atoms with Crippen LogP contribution in [-0.4, -0.2) is 45.4 Å². The van der Waals surface area contributed by atoms with Gasteiger partial charge in [0.05, 0.1) is 18.7 Å². The lowest BCUT2D eigenvalue weighted by molar-refractivity contribution is -0.116. The number of para-hydroxylation sites is 1. The van der Waals surface area contributed by atoms with Crippen LogP contribution in [0.25, 0.3) is 0 Å². The van der Waals surface area contributed by atoms with Crippen LogP contribution in [0.5, 0.6) is 0 Å². The Morgan fingerprint density at radius 2 is 1.94 bits per heavy atom. The molecule has 0 saturated carbocycles. The number of carbonyl (C=O) groups is 2. The summed E-state index contributed by atoms with van der Waals surface area (Å²) in [4.78, 5) is 31.3. The van der Waals surface area contributed by atoms with Crippen LogP contribution >= 0.6 is 12.2 Å². The maximum atomic E-state index is 13.1. The molecule has 0 atom stereocenters. The molecule has 4 N–H and O–H groups in total. The number of carbonyl (C=O) groups excluding carboxylic acids is 2. The first-order valence-corrected chi connectivity index (χ1v) is 10.6. The number of aromatic nitrogens is 1. The highest BCUT2D eigenvalue weighted by Gasteiger charge is 2.33. The molecular weight excluding hydrogens is 426 g/mol. The molecule has 3 rings (SSSR count). The topological polar surface area (TPSA) is 110 Å². The molecule has 0 bridgehead atoms. The van der Waals surface area contributed by atoms with Gasteiger partial charge in [0.25, 0.3) is 0 Å². The van der Waals surface area contributed by atoms with E-state index in [1.807, 2.05) is 36.4 Å². The summed E-state index contributed by atoms with van der Waals surface area (Å²) in [6, 6.07) is 12.9. The van der Waals surface area contributed by atoms with Crippen molar-refractivity contribution in [2.75, 3.05) is 24.1 Å². The summed E-state index contributed by atoms with van der Waals surface area (Å²) in [5.41, 5.74) is 7.64. The predicted molar refractivity (Wildman–Crippen MR) is 128 cm³/mol. The van der Waals surface area contributed by atoms with Gasteiger partial charge in [-0.3, -0.25) is 9.69 Å². The lowest BCUT2D eigenvalue weighted by Crippen LogP contribution is -2.48. The molecule has 1 aliphatic heterocycles. The largest absolute Gasteiger partial charge is 0.444 e. The fraction of sp³-hybridized carbons (Fsp3) is 0.304. The average molecular weight is 454 g/mol. The summed E-state index contributed by atoms with van der Waals surface area (Å²) in [5.74, 6) is 0.127. The molecule has 0 radical (unpaired) electrons. The molecule has 1 aliphatic rings. The maximum Gasteiger partial charge on any atom is 0.411 e. The quantitative estimate of drug-likeness (QED) is 0.592. The Morgan fingerprint density at radius 3 is 2.59 bits per heavy atom.